The van der Waals surface area contributed by atoms with Crippen molar-refractivity contribution in [2.24, 2.45) is 0 Å². The molecule has 8 heteroatoms. The molecule has 112 valence electrons. The van der Waals surface area contributed by atoms with Gasteiger partial charge in [-0.1, -0.05) is 13.8 Å². The molecule has 0 spiro atoms. The van der Waals surface area contributed by atoms with Gasteiger partial charge in [-0.05, 0) is 6.07 Å². The Bertz CT molecular complexity index is 671. The van der Waals surface area contributed by atoms with Crippen LogP contribution in [0.25, 0.3) is 11.5 Å². The van der Waals surface area contributed by atoms with Crippen molar-refractivity contribution in [1.82, 2.24) is 10.3 Å². The molecular formula is C13H13F2N3O3. The van der Waals surface area contributed by atoms with Gasteiger partial charge in [0.05, 0.1) is 16.7 Å². The van der Waals surface area contributed by atoms with Crippen LogP contribution < -0.4 is 5.32 Å². The Kier molecular flexibility index (Phi) is 4.27. The number of benzene rings is 1. The van der Waals surface area contributed by atoms with Crippen molar-refractivity contribution in [2.45, 2.75) is 26.4 Å². The molecule has 1 heterocycles. The Morgan fingerprint density at radius 3 is 2.67 bits per heavy atom. The van der Waals surface area contributed by atoms with E-state index in [9.17, 15) is 18.9 Å². The average molecular weight is 297 g/mol. The quantitative estimate of drug-likeness (QED) is 0.677. The van der Waals surface area contributed by atoms with E-state index in [2.05, 4.69) is 10.3 Å². The molecule has 0 aliphatic carbocycles. The predicted molar refractivity (Wildman–Crippen MR) is 70.5 cm³/mol. The first-order valence-corrected chi connectivity index (χ1v) is 6.20. The van der Waals surface area contributed by atoms with Gasteiger partial charge >= 0.3 is 0 Å². The second-order valence-corrected chi connectivity index (χ2v) is 4.72. The highest BCUT2D eigenvalue weighted by molar-refractivity contribution is 5.67. The van der Waals surface area contributed by atoms with E-state index in [1.54, 1.807) is 0 Å². The third kappa shape index (κ3) is 3.40. The lowest BCUT2D eigenvalue weighted by Crippen LogP contribution is -2.21. The lowest BCUT2D eigenvalue weighted by molar-refractivity contribution is -0.384. The molecule has 0 saturated carbocycles. The van der Waals surface area contributed by atoms with Crippen LogP contribution in [0.3, 0.4) is 0 Å². The van der Waals surface area contributed by atoms with Gasteiger partial charge in [0, 0.05) is 12.6 Å². The summed E-state index contributed by atoms with van der Waals surface area (Å²) in [5.74, 6) is -2.62. The number of nitro benzene ring substituents is 1. The number of nitrogens with zero attached hydrogens (tertiary/aromatic N) is 2. The number of aromatic nitrogens is 1. The lowest BCUT2D eigenvalue weighted by Gasteiger charge is -2.04. The molecule has 2 rings (SSSR count). The molecule has 0 unspecified atom stereocenters. The molecule has 0 atom stereocenters. The lowest BCUT2D eigenvalue weighted by atomic mass is 10.1. The molecule has 1 aromatic heterocycles. The third-order valence-electron chi connectivity index (χ3n) is 2.71. The summed E-state index contributed by atoms with van der Waals surface area (Å²) in [6.07, 6.45) is 1.32. The van der Waals surface area contributed by atoms with E-state index >= 15 is 0 Å². The summed E-state index contributed by atoms with van der Waals surface area (Å²) >= 11 is 0. The van der Waals surface area contributed by atoms with Crippen molar-refractivity contribution in [3.05, 3.63) is 45.8 Å². The van der Waals surface area contributed by atoms with E-state index in [1.807, 2.05) is 13.8 Å². The molecule has 0 bridgehead atoms. The zero-order valence-electron chi connectivity index (χ0n) is 11.4. The number of hydrogen-bond acceptors (Lipinski definition) is 5. The molecule has 0 fully saturated rings. The van der Waals surface area contributed by atoms with Crippen molar-refractivity contribution in [3.8, 4) is 11.5 Å². The summed E-state index contributed by atoms with van der Waals surface area (Å²) in [4.78, 5) is 14.1. The number of hydrogen-bond donors (Lipinski definition) is 1. The first-order valence-electron chi connectivity index (χ1n) is 6.20. The Labute approximate surface area is 118 Å². The summed E-state index contributed by atoms with van der Waals surface area (Å²) in [5, 5.41) is 14.0. The topological polar surface area (TPSA) is 81.2 Å². The van der Waals surface area contributed by atoms with Crippen LogP contribution >= 0.6 is 0 Å². The second kappa shape index (κ2) is 5.96. The Balaban J connectivity index is 2.37. The molecule has 21 heavy (non-hydrogen) atoms. The summed E-state index contributed by atoms with van der Waals surface area (Å²) in [7, 11) is 0. The number of nitrogens with one attached hydrogen (secondary N) is 1. The average Bonchev–Trinajstić information content (AvgIpc) is 2.87. The Morgan fingerprint density at radius 2 is 2.05 bits per heavy atom. The highest BCUT2D eigenvalue weighted by atomic mass is 19.2. The zero-order chi connectivity index (χ0) is 15.6. The standard InChI is InChI=1S/C13H13F2N3O3/c1-7(2)16-5-8-6-21-13(17-8)9-3-10(14)11(15)4-12(9)18(19)20/h3-4,6-7,16H,5H2,1-2H3. The van der Waals surface area contributed by atoms with Crippen LogP contribution in [-0.4, -0.2) is 15.9 Å². The molecule has 0 amide bonds. The third-order valence-corrected chi connectivity index (χ3v) is 2.71. The van der Waals surface area contributed by atoms with E-state index < -0.39 is 22.2 Å². The fourth-order valence-electron chi connectivity index (χ4n) is 1.68. The van der Waals surface area contributed by atoms with Gasteiger partial charge in [-0.2, -0.15) is 0 Å². The molecule has 0 aliphatic heterocycles. The minimum absolute atomic E-state index is 0.124. The fourth-order valence-corrected chi connectivity index (χ4v) is 1.68. The highest BCUT2D eigenvalue weighted by Gasteiger charge is 2.23. The fraction of sp³-hybridized carbons (Fsp3) is 0.308. The van der Waals surface area contributed by atoms with Crippen LogP contribution in [0.2, 0.25) is 0 Å². The van der Waals surface area contributed by atoms with Crippen LogP contribution in [-0.2, 0) is 6.54 Å². The maximum absolute atomic E-state index is 13.3. The summed E-state index contributed by atoms with van der Waals surface area (Å²) in [6, 6.07) is 1.45. The van der Waals surface area contributed by atoms with Crippen molar-refractivity contribution in [3.63, 3.8) is 0 Å². The molecule has 6 nitrogen and oxygen atoms in total. The van der Waals surface area contributed by atoms with E-state index in [0.717, 1.165) is 0 Å². The molecule has 2 aromatic rings. The van der Waals surface area contributed by atoms with Gasteiger partial charge in [0.1, 0.15) is 11.8 Å². The predicted octanol–water partition coefficient (Wildman–Crippen LogP) is 3.03. The number of nitro groups is 1. The smallest absolute Gasteiger partial charge is 0.285 e. The maximum atomic E-state index is 13.3. The first-order chi connectivity index (χ1) is 9.88. The van der Waals surface area contributed by atoms with Crippen molar-refractivity contribution < 1.29 is 18.1 Å². The maximum Gasteiger partial charge on any atom is 0.285 e. The molecule has 1 aromatic carbocycles. The molecule has 0 aliphatic rings. The Hall–Kier alpha value is -2.35. The van der Waals surface area contributed by atoms with Crippen LogP contribution in [0.5, 0.6) is 0 Å². The molecule has 1 N–H and O–H groups in total. The monoisotopic (exact) mass is 297 g/mol. The van der Waals surface area contributed by atoms with E-state index in [4.69, 9.17) is 4.42 Å². The minimum Gasteiger partial charge on any atom is -0.444 e. The minimum atomic E-state index is -1.29. The Morgan fingerprint density at radius 1 is 1.38 bits per heavy atom. The van der Waals surface area contributed by atoms with Crippen LogP contribution in [0, 0.1) is 21.7 Å². The molecule has 0 saturated heterocycles. The molecular weight excluding hydrogens is 284 g/mol. The van der Waals surface area contributed by atoms with Crippen LogP contribution in [0.15, 0.2) is 22.8 Å². The van der Waals surface area contributed by atoms with Gasteiger partial charge in [-0.15, -0.1) is 0 Å². The van der Waals surface area contributed by atoms with Crippen molar-refractivity contribution in [1.29, 1.82) is 0 Å². The number of halogens is 2. The summed E-state index contributed by atoms with van der Waals surface area (Å²) in [5.41, 5.74) is -0.286. The van der Waals surface area contributed by atoms with Gasteiger partial charge in [0.25, 0.3) is 5.69 Å². The van der Waals surface area contributed by atoms with E-state index in [-0.39, 0.29) is 17.5 Å². The van der Waals surface area contributed by atoms with Gasteiger partial charge < -0.3 is 9.73 Å². The van der Waals surface area contributed by atoms with Gasteiger partial charge in [0.15, 0.2) is 11.6 Å². The highest BCUT2D eigenvalue weighted by Crippen LogP contribution is 2.31. The van der Waals surface area contributed by atoms with Gasteiger partial charge in [-0.25, -0.2) is 13.8 Å². The first kappa shape index (κ1) is 15.0. The second-order valence-electron chi connectivity index (χ2n) is 4.72. The van der Waals surface area contributed by atoms with Crippen molar-refractivity contribution >= 4 is 5.69 Å². The van der Waals surface area contributed by atoms with E-state index in [1.165, 1.54) is 6.26 Å². The largest absolute Gasteiger partial charge is 0.444 e. The number of oxazole rings is 1. The van der Waals surface area contributed by atoms with Crippen LogP contribution in [0.1, 0.15) is 19.5 Å². The SMILES string of the molecule is CC(C)NCc1coc(-c2cc(F)c(F)cc2[N+](=O)[O-])n1. The van der Waals surface area contributed by atoms with Gasteiger partial charge in [-0.3, -0.25) is 10.1 Å². The van der Waals surface area contributed by atoms with Crippen molar-refractivity contribution in [2.75, 3.05) is 0 Å². The normalized spacial score (nSPS) is 11.1. The van der Waals surface area contributed by atoms with Crippen LogP contribution in [0.4, 0.5) is 14.5 Å². The van der Waals surface area contributed by atoms with E-state index in [0.29, 0.717) is 24.4 Å². The summed E-state index contributed by atoms with van der Waals surface area (Å²) in [6.45, 7) is 4.29. The number of rotatable bonds is 5. The summed E-state index contributed by atoms with van der Waals surface area (Å²) < 4.78 is 31.5. The van der Waals surface area contributed by atoms with Gasteiger partial charge in [0.2, 0.25) is 5.89 Å². The molecule has 0 radical (unpaired) electrons. The zero-order valence-corrected chi connectivity index (χ0v) is 11.4.